The zero-order chi connectivity index (χ0) is 16.4. The molecule has 1 atom stereocenters. The van der Waals surface area contributed by atoms with Gasteiger partial charge >= 0.3 is 0 Å². The minimum atomic E-state index is -0.0298. The molecule has 0 spiro atoms. The van der Waals surface area contributed by atoms with Gasteiger partial charge in [-0.3, -0.25) is 4.79 Å². The van der Waals surface area contributed by atoms with Crippen LogP contribution < -0.4 is 4.74 Å². The van der Waals surface area contributed by atoms with Crippen LogP contribution in [-0.2, 0) is 12.8 Å². The van der Waals surface area contributed by atoms with E-state index in [1.807, 2.05) is 43.1 Å². The highest BCUT2D eigenvalue weighted by atomic mass is 32.1. The van der Waals surface area contributed by atoms with E-state index in [9.17, 15) is 4.79 Å². The average Bonchev–Trinajstić information content (AvgIpc) is 3.03. The maximum absolute atomic E-state index is 12.9. The highest BCUT2D eigenvalue weighted by Gasteiger charge is 2.24. The number of carbonyl (C=O) groups is 1. The molecule has 1 aliphatic carbocycles. The van der Waals surface area contributed by atoms with Gasteiger partial charge in [0.2, 0.25) is 0 Å². The molecule has 1 heterocycles. The van der Waals surface area contributed by atoms with Crippen LogP contribution in [0.3, 0.4) is 0 Å². The number of methoxy groups -OCH3 is 1. The molecule has 0 saturated heterocycles. The third kappa shape index (κ3) is 3.13. The van der Waals surface area contributed by atoms with Gasteiger partial charge in [0.25, 0.3) is 5.91 Å². The molecule has 3 nitrogen and oxygen atoms in total. The number of hydrogen-bond acceptors (Lipinski definition) is 3. The number of benzene rings is 1. The lowest BCUT2D eigenvalue weighted by Crippen LogP contribution is -2.29. The van der Waals surface area contributed by atoms with Crippen molar-refractivity contribution in [2.24, 2.45) is 0 Å². The van der Waals surface area contributed by atoms with Crippen molar-refractivity contribution in [2.75, 3.05) is 14.2 Å². The molecule has 2 aromatic rings. The summed E-state index contributed by atoms with van der Waals surface area (Å²) >= 11 is 1.67. The van der Waals surface area contributed by atoms with Crippen LogP contribution in [0, 0.1) is 0 Å². The van der Waals surface area contributed by atoms with Crippen molar-refractivity contribution in [3.8, 4) is 5.75 Å². The van der Waals surface area contributed by atoms with Crippen LogP contribution in [0.2, 0.25) is 0 Å². The van der Waals surface area contributed by atoms with Crippen LogP contribution in [-0.4, -0.2) is 25.0 Å². The monoisotopic (exact) mass is 329 g/mol. The normalized spacial score (nSPS) is 14.9. The lowest BCUT2D eigenvalue weighted by molar-refractivity contribution is 0.0746. The standard InChI is InChI=1S/C19H23NO2S/c1-13(15-9-5-6-10-16(15)22-3)20(2)19(21)18-12-14-8-4-7-11-17(14)23-18/h5-6,9-10,12-13H,4,7-8,11H2,1-3H3. The molecular formula is C19H23NO2S. The highest BCUT2D eigenvalue weighted by molar-refractivity contribution is 7.14. The number of aryl methyl sites for hydroxylation is 2. The Morgan fingerprint density at radius 2 is 2.00 bits per heavy atom. The molecule has 1 amide bonds. The number of fused-ring (bicyclic) bond motifs is 1. The second-order valence-corrected chi connectivity index (χ2v) is 7.24. The second-order valence-electron chi connectivity index (χ2n) is 6.10. The fourth-order valence-electron chi connectivity index (χ4n) is 3.17. The van der Waals surface area contributed by atoms with E-state index in [0.717, 1.165) is 29.0 Å². The van der Waals surface area contributed by atoms with Gasteiger partial charge in [-0.15, -0.1) is 11.3 Å². The number of thiophene rings is 1. The van der Waals surface area contributed by atoms with Crippen molar-refractivity contribution in [1.82, 2.24) is 4.90 Å². The van der Waals surface area contributed by atoms with E-state index in [1.165, 1.54) is 23.3 Å². The molecule has 23 heavy (non-hydrogen) atoms. The fourth-order valence-corrected chi connectivity index (χ4v) is 4.40. The first-order valence-electron chi connectivity index (χ1n) is 8.13. The molecule has 0 aliphatic heterocycles. The molecule has 0 saturated carbocycles. The smallest absolute Gasteiger partial charge is 0.264 e. The molecule has 122 valence electrons. The maximum Gasteiger partial charge on any atom is 0.264 e. The summed E-state index contributed by atoms with van der Waals surface area (Å²) in [6.45, 7) is 2.04. The predicted molar refractivity (Wildman–Crippen MR) is 94.5 cm³/mol. The SMILES string of the molecule is COc1ccccc1C(C)N(C)C(=O)c1cc2c(s1)CCCC2. The quantitative estimate of drug-likeness (QED) is 0.828. The Hall–Kier alpha value is -1.81. The molecule has 4 heteroatoms. The summed E-state index contributed by atoms with van der Waals surface area (Å²) in [5.41, 5.74) is 2.41. The molecule has 0 bridgehead atoms. The number of ether oxygens (including phenoxy) is 1. The van der Waals surface area contributed by atoms with Crippen molar-refractivity contribution in [3.05, 3.63) is 51.2 Å². The Morgan fingerprint density at radius 1 is 1.26 bits per heavy atom. The second kappa shape index (κ2) is 6.75. The Morgan fingerprint density at radius 3 is 2.74 bits per heavy atom. The minimum Gasteiger partial charge on any atom is -0.496 e. The first kappa shape index (κ1) is 16.1. The number of hydrogen-bond donors (Lipinski definition) is 0. The van der Waals surface area contributed by atoms with E-state index in [1.54, 1.807) is 18.4 Å². The molecule has 1 aliphatic rings. The van der Waals surface area contributed by atoms with Crippen molar-refractivity contribution in [1.29, 1.82) is 0 Å². The van der Waals surface area contributed by atoms with Gasteiger partial charge in [-0.2, -0.15) is 0 Å². The summed E-state index contributed by atoms with van der Waals surface area (Å²) in [5, 5.41) is 0. The van der Waals surface area contributed by atoms with E-state index in [0.29, 0.717) is 0 Å². The van der Waals surface area contributed by atoms with Gasteiger partial charge in [-0.25, -0.2) is 0 Å². The van der Waals surface area contributed by atoms with Gasteiger partial charge in [0.05, 0.1) is 18.0 Å². The highest BCUT2D eigenvalue weighted by Crippen LogP contribution is 2.33. The molecule has 0 radical (unpaired) electrons. The number of amides is 1. The number of para-hydroxylation sites is 1. The van der Waals surface area contributed by atoms with Crippen LogP contribution in [0.4, 0.5) is 0 Å². The summed E-state index contributed by atoms with van der Waals surface area (Å²) in [6, 6.07) is 9.96. The molecule has 1 unspecified atom stereocenters. The number of carbonyl (C=O) groups excluding carboxylic acids is 1. The van der Waals surface area contributed by atoms with Crippen molar-refractivity contribution in [2.45, 2.75) is 38.6 Å². The topological polar surface area (TPSA) is 29.5 Å². The third-order valence-corrected chi connectivity index (χ3v) is 5.92. The van der Waals surface area contributed by atoms with Crippen molar-refractivity contribution < 1.29 is 9.53 Å². The molecule has 3 rings (SSSR count). The summed E-state index contributed by atoms with van der Waals surface area (Å²) in [4.78, 5) is 17.0. The Kier molecular flexibility index (Phi) is 4.71. The maximum atomic E-state index is 12.9. The molecule has 0 N–H and O–H groups in total. The fraction of sp³-hybridized carbons (Fsp3) is 0.421. The third-order valence-electron chi connectivity index (χ3n) is 4.70. The number of rotatable bonds is 4. The van der Waals surface area contributed by atoms with Gasteiger partial charge in [0.1, 0.15) is 5.75 Å². The zero-order valence-electron chi connectivity index (χ0n) is 14.0. The van der Waals surface area contributed by atoms with E-state index >= 15 is 0 Å². The van der Waals surface area contributed by atoms with Crippen LogP contribution in [0.15, 0.2) is 30.3 Å². The molecule has 0 fully saturated rings. The van der Waals surface area contributed by atoms with E-state index < -0.39 is 0 Å². The summed E-state index contributed by atoms with van der Waals surface area (Å²) in [7, 11) is 3.54. The largest absolute Gasteiger partial charge is 0.496 e. The summed E-state index contributed by atoms with van der Waals surface area (Å²) < 4.78 is 5.43. The minimum absolute atomic E-state index is 0.0298. The van der Waals surface area contributed by atoms with Gasteiger partial charge in [0.15, 0.2) is 0 Å². The van der Waals surface area contributed by atoms with Crippen molar-refractivity contribution in [3.63, 3.8) is 0 Å². The van der Waals surface area contributed by atoms with E-state index in [2.05, 4.69) is 6.07 Å². The molecule has 1 aromatic carbocycles. The first-order valence-corrected chi connectivity index (χ1v) is 8.95. The Bertz CT molecular complexity index is 684. The van der Waals surface area contributed by atoms with Crippen LogP contribution in [0.1, 0.15) is 51.5 Å². The first-order chi connectivity index (χ1) is 11.1. The van der Waals surface area contributed by atoms with E-state index in [-0.39, 0.29) is 11.9 Å². The molecular weight excluding hydrogens is 306 g/mol. The van der Waals surface area contributed by atoms with Gasteiger partial charge < -0.3 is 9.64 Å². The number of nitrogens with zero attached hydrogens (tertiary/aromatic N) is 1. The van der Waals surface area contributed by atoms with Crippen molar-refractivity contribution >= 4 is 17.2 Å². The van der Waals surface area contributed by atoms with Gasteiger partial charge in [0, 0.05) is 17.5 Å². The van der Waals surface area contributed by atoms with Crippen LogP contribution >= 0.6 is 11.3 Å². The Labute approximate surface area is 141 Å². The summed E-state index contributed by atoms with van der Waals surface area (Å²) in [6.07, 6.45) is 4.73. The zero-order valence-corrected chi connectivity index (χ0v) is 14.8. The van der Waals surface area contributed by atoms with E-state index in [4.69, 9.17) is 4.74 Å². The lowest BCUT2D eigenvalue weighted by atomic mass is 9.99. The lowest BCUT2D eigenvalue weighted by Gasteiger charge is -2.26. The van der Waals surface area contributed by atoms with Gasteiger partial charge in [-0.05, 0) is 50.3 Å². The van der Waals surface area contributed by atoms with Crippen LogP contribution in [0.5, 0.6) is 5.75 Å². The average molecular weight is 329 g/mol. The summed E-state index contributed by atoms with van der Waals surface area (Å²) in [5.74, 6) is 0.924. The predicted octanol–water partition coefficient (Wildman–Crippen LogP) is 4.47. The Balaban J connectivity index is 1.82. The molecule has 1 aromatic heterocycles. The van der Waals surface area contributed by atoms with Crippen LogP contribution in [0.25, 0.3) is 0 Å². The van der Waals surface area contributed by atoms with Gasteiger partial charge in [-0.1, -0.05) is 18.2 Å².